The van der Waals surface area contributed by atoms with E-state index in [0.717, 1.165) is 56.4 Å². The van der Waals surface area contributed by atoms with Gasteiger partial charge in [0, 0.05) is 37.9 Å². The first-order chi connectivity index (χ1) is 17.6. The van der Waals surface area contributed by atoms with Crippen LogP contribution in [0.5, 0.6) is 0 Å². The number of hydrogen-bond acceptors (Lipinski definition) is 8. The first-order valence-corrected chi connectivity index (χ1v) is 12.2. The van der Waals surface area contributed by atoms with Gasteiger partial charge in [0.1, 0.15) is 17.7 Å². The van der Waals surface area contributed by atoms with Crippen molar-refractivity contribution in [3.8, 4) is 0 Å². The molecule has 0 bridgehead atoms. The van der Waals surface area contributed by atoms with Crippen LogP contribution < -0.4 is 16.4 Å². The molecule has 202 valence electrons. The molecule has 3 rings (SSSR count). The summed E-state index contributed by atoms with van der Waals surface area (Å²) in [6.07, 6.45) is 0.918. The lowest BCUT2D eigenvalue weighted by Gasteiger charge is -2.24. The van der Waals surface area contributed by atoms with Gasteiger partial charge in [0.2, 0.25) is 11.7 Å². The largest absolute Gasteiger partial charge is 0.480 e. The third-order valence-electron chi connectivity index (χ3n) is 6.05. The molecule has 0 saturated heterocycles. The molecule has 0 aromatic carbocycles. The van der Waals surface area contributed by atoms with Crippen LogP contribution in [0.15, 0.2) is 24.4 Å². The molecule has 0 unspecified atom stereocenters. The topological polar surface area (TPSA) is 146 Å². The van der Waals surface area contributed by atoms with Crippen molar-refractivity contribution in [3.05, 3.63) is 41.5 Å². The second-order valence-electron chi connectivity index (χ2n) is 8.94. The zero-order chi connectivity index (χ0) is 26.8. The minimum atomic E-state index is -4.74. The van der Waals surface area contributed by atoms with Gasteiger partial charge in [-0.2, -0.15) is 13.2 Å². The first kappa shape index (κ1) is 28.1. The van der Waals surface area contributed by atoms with Gasteiger partial charge in [-0.25, -0.2) is 19.7 Å². The number of carboxylic acid groups (broad SMARTS) is 1. The van der Waals surface area contributed by atoms with Gasteiger partial charge in [-0.3, -0.25) is 4.79 Å². The SMILES string of the molecule is NC(=O)CCN(CCCCc1ccc2c(n1)NCCC2)CC[C@H](Nc1ccnc(C(F)(F)F)n1)C(=O)O. The molecule has 13 heteroatoms. The fourth-order valence-corrected chi connectivity index (χ4v) is 4.08. The highest BCUT2D eigenvalue weighted by molar-refractivity contribution is 5.76. The minimum Gasteiger partial charge on any atom is -0.480 e. The maximum atomic E-state index is 12.9. The minimum absolute atomic E-state index is 0.0808. The van der Waals surface area contributed by atoms with E-state index in [2.05, 4.69) is 31.7 Å². The molecule has 3 heterocycles. The lowest BCUT2D eigenvalue weighted by Crippen LogP contribution is -2.37. The monoisotopic (exact) mass is 523 g/mol. The van der Waals surface area contributed by atoms with Crippen molar-refractivity contribution < 1.29 is 27.9 Å². The molecule has 1 amide bonds. The molecule has 2 aromatic rings. The average Bonchev–Trinajstić information content (AvgIpc) is 2.86. The molecule has 0 aliphatic carbocycles. The fraction of sp³-hybridized carbons (Fsp3) is 0.542. The van der Waals surface area contributed by atoms with Crippen molar-refractivity contribution >= 4 is 23.5 Å². The summed E-state index contributed by atoms with van der Waals surface area (Å²) < 4.78 is 38.6. The van der Waals surface area contributed by atoms with Gasteiger partial charge >= 0.3 is 12.1 Å². The lowest BCUT2D eigenvalue weighted by atomic mass is 10.1. The Labute approximate surface area is 212 Å². The van der Waals surface area contributed by atoms with Crippen LogP contribution >= 0.6 is 0 Å². The zero-order valence-electron chi connectivity index (χ0n) is 20.4. The molecule has 1 aliphatic heterocycles. The van der Waals surface area contributed by atoms with Crippen LogP contribution in [0.1, 0.15) is 49.2 Å². The van der Waals surface area contributed by atoms with Crippen molar-refractivity contribution in [2.24, 2.45) is 5.73 Å². The van der Waals surface area contributed by atoms with E-state index in [9.17, 15) is 27.9 Å². The van der Waals surface area contributed by atoms with E-state index >= 15 is 0 Å². The van der Waals surface area contributed by atoms with Crippen LogP contribution in [0.4, 0.5) is 24.8 Å². The summed E-state index contributed by atoms with van der Waals surface area (Å²) >= 11 is 0. The van der Waals surface area contributed by atoms with Crippen LogP contribution in [-0.2, 0) is 28.6 Å². The second kappa shape index (κ2) is 13.2. The number of aromatic nitrogens is 3. The highest BCUT2D eigenvalue weighted by atomic mass is 19.4. The van der Waals surface area contributed by atoms with Gasteiger partial charge < -0.3 is 26.4 Å². The maximum absolute atomic E-state index is 12.9. The molecule has 0 saturated carbocycles. The molecular weight excluding hydrogens is 491 g/mol. The number of nitrogens with zero attached hydrogens (tertiary/aromatic N) is 4. The molecule has 37 heavy (non-hydrogen) atoms. The van der Waals surface area contributed by atoms with Gasteiger partial charge in [-0.1, -0.05) is 6.07 Å². The number of carboxylic acids is 1. The van der Waals surface area contributed by atoms with Gasteiger partial charge in [-0.05, 0) is 62.8 Å². The predicted octanol–water partition coefficient (Wildman–Crippen LogP) is 2.70. The lowest BCUT2D eigenvalue weighted by molar-refractivity contribution is -0.144. The third-order valence-corrected chi connectivity index (χ3v) is 6.05. The molecule has 2 aromatic heterocycles. The zero-order valence-corrected chi connectivity index (χ0v) is 20.4. The number of nitrogens with one attached hydrogen (secondary N) is 2. The van der Waals surface area contributed by atoms with Gasteiger partial charge in [-0.15, -0.1) is 0 Å². The Morgan fingerprint density at radius 2 is 1.97 bits per heavy atom. The van der Waals surface area contributed by atoms with Crippen LogP contribution in [-0.4, -0.2) is 69.1 Å². The Bertz CT molecular complexity index is 1070. The number of aliphatic carboxylic acids is 1. The molecule has 0 radical (unpaired) electrons. The molecule has 0 spiro atoms. The summed E-state index contributed by atoms with van der Waals surface area (Å²) in [6, 6.07) is 4.15. The Morgan fingerprint density at radius 3 is 2.70 bits per heavy atom. The van der Waals surface area contributed by atoms with E-state index in [1.165, 1.54) is 11.6 Å². The van der Waals surface area contributed by atoms with E-state index < -0.39 is 29.9 Å². The molecule has 0 fully saturated rings. The van der Waals surface area contributed by atoms with Crippen LogP contribution in [0.3, 0.4) is 0 Å². The van der Waals surface area contributed by atoms with E-state index in [0.29, 0.717) is 19.6 Å². The number of carbonyl (C=O) groups is 2. The number of aryl methyl sites for hydroxylation is 2. The third kappa shape index (κ3) is 9.16. The normalized spacial score (nSPS) is 14.1. The van der Waals surface area contributed by atoms with Crippen molar-refractivity contribution in [1.82, 2.24) is 19.9 Å². The smallest absolute Gasteiger partial charge is 0.451 e. The fourth-order valence-electron chi connectivity index (χ4n) is 4.08. The Hall–Kier alpha value is -3.48. The van der Waals surface area contributed by atoms with E-state index in [1.807, 2.05) is 11.0 Å². The van der Waals surface area contributed by atoms with E-state index in [1.54, 1.807) is 0 Å². The number of unbranched alkanes of at least 4 members (excludes halogenated alkanes) is 1. The molecule has 1 aliphatic rings. The number of carbonyl (C=O) groups excluding carboxylic acids is 1. The summed E-state index contributed by atoms with van der Waals surface area (Å²) in [5, 5.41) is 15.5. The number of anilines is 2. The van der Waals surface area contributed by atoms with Crippen LogP contribution in [0.25, 0.3) is 0 Å². The van der Waals surface area contributed by atoms with Gasteiger partial charge in [0.15, 0.2) is 0 Å². The average molecular weight is 524 g/mol. The quantitative estimate of drug-likeness (QED) is 0.275. The molecule has 5 N–H and O–H groups in total. The van der Waals surface area contributed by atoms with Crippen molar-refractivity contribution in [2.45, 2.75) is 57.2 Å². The Balaban J connectivity index is 1.53. The van der Waals surface area contributed by atoms with Crippen molar-refractivity contribution in [2.75, 3.05) is 36.8 Å². The molecular formula is C24H32F3N7O3. The number of pyridine rings is 1. The van der Waals surface area contributed by atoms with Crippen molar-refractivity contribution in [3.63, 3.8) is 0 Å². The van der Waals surface area contributed by atoms with Crippen molar-refractivity contribution in [1.29, 1.82) is 0 Å². The van der Waals surface area contributed by atoms with Crippen LogP contribution in [0, 0.1) is 0 Å². The number of alkyl halides is 3. The standard InChI is InChI=1S/C24H32F3N7O3/c25-24(26,27)23-30-12-8-20(33-23)32-18(22(36)37)9-14-34(15-10-19(28)35)13-2-1-5-17-7-6-16-4-3-11-29-21(16)31-17/h6-8,12,18H,1-5,9-11,13-15H2,(H2,28,35)(H,29,31)(H,36,37)(H,30,32,33)/t18-/m0/s1. The number of fused-ring (bicyclic) bond motifs is 1. The van der Waals surface area contributed by atoms with E-state index in [-0.39, 0.29) is 18.7 Å². The summed E-state index contributed by atoms with van der Waals surface area (Å²) in [7, 11) is 0. The predicted molar refractivity (Wildman–Crippen MR) is 131 cm³/mol. The van der Waals surface area contributed by atoms with Gasteiger partial charge in [0.25, 0.3) is 0 Å². The summed E-state index contributed by atoms with van der Waals surface area (Å²) in [6.45, 7) is 2.18. The van der Waals surface area contributed by atoms with Crippen LogP contribution in [0.2, 0.25) is 0 Å². The number of rotatable bonds is 14. The summed E-state index contributed by atoms with van der Waals surface area (Å²) in [5.74, 6) is -2.33. The molecule has 10 nitrogen and oxygen atoms in total. The van der Waals surface area contributed by atoms with E-state index in [4.69, 9.17) is 5.73 Å². The number of nitrogens with two attached hydrogens (primary N) is 1. The summed E-state index contributed by atoms with van der Waals surface area (Å²) in [4.78, 5) is 36.2. The highest BCUT2D eigenvalue weighted by Gasteiger charge is 2.35. The molecule has 1 atom stereocenters. The second-order valence-corrected chi connectivity index (χ2v) is 8.94. The van der Waals surface area contributed by atoms with Gasteiger partial charge in [0.05, 0.1) is 0 Å². The number of primary amides is 1. The number of halogens is 3. The maximum Gasteiger partial charge on any atom is 0.451 e. The first-order valence-electron chi connectivity index (χ1n) is 12.2. The highest BCUT2D eigenvalue weighted by Crippen LogP contribution is 2.26. The Morgan fingerprint density at radius 1 is 1.16 bits per heavy atom. The number of amides is 1. The Kier molecular flexibility index (Phi) is 10.0. The summed E-state index contributed by atoms with van der Waals surface area (Å²) in [5.41, 5.74) is 7.51. The number of hydrogen-bond donors (Lipinski definition) is 4.